The number of carbonyl (C=O) groups is 2. The lowest BCUT2D eigenvalue weighted by Crippen LogP contribution is -2.23. The van der Waals surface area contributed by atoms with Gasteiger partial charge in [-0.15, -0.1) is 0 Å². The van der Waals surface area contributed by atoms with Crippen LogP contribution in [0.15, 0.2) is 35.2 Å². The van der Waals surface area contributed by atoms with Crippen LogP contribution in [0.4, 0.5) is 0 Å². The fourth-order valence-corrected chi connectivity index (χ4v) is 4.01. The molecule has 0 bridgehead atoms. The van der Waals surface area contributed by atoms with Crippen LogP contribution < -0.4 is 14.2 Å². The monoisotopic (exact) mass is 460 g/mol. The molecular weight excluding hydrogens is 435 g/mol. The minimum atomic E-state index is -2.56. The van der Waals surface area contributed by atoms with Crippen molar-refractivity contribution in [3.05, 3.63) is 47.3 Å². The number of aldehydes is 1. The zero-order chi connectivity index (χ0) is 23.1. The first-order valence-corrected chi connectivity index (χ1v) is 11.4. The summed E-state index contributed by atoms with van der Waals surface area (Å²) in [5.41, 5.74) is 0.806. The zero-order valence-corrected chi connectivity index (χ0v) is 18.8. The van der Waals surface area contributed by atoms with Crippen LogP contribution in [-0.4, -0.2) is 34.5 Å². The maximum Gasteiger partial charge on any atom is 0.395 e. The summed E-state index contributed by atoms with van der Waals surface area (Å²) in [5, 5.41) is 10.0. The molecule has 1 aromatic carbocycles. The molecule has 1 aliphatic carbocycles. The number of aromatic hydroxyl groups is 1. The Balaban J connectivity index is 1.66. The second-order valence-electron chi connectivity index (χ2n) is 7.45. The van der Waals surface area contributed by atoms with Crippen LogP contribution in [0.1, 0.15) is 54.2 Å². The smallest absolute Gasteiger partial charge is 0.395 e. The van der Waals surface area contributed by atoms with E-state index in [4.69, 9.17) is 14.0 Å². The summed E-state index contributed by atoms with van der Waals surface area (Å²) < 4.78 is 20.4. The predicted octanol–water partition coefficient (Wildman–Crippen LogP) is 3.60. The summed E-state index contributed by atoms with van der Waals surface area (Å²) >= 11 is 0. The molecule has 1 heterocycles. The molecule has 0 amide bonds. The first-order chi connectivity index (χ1) is 15.4. The number of aromatic nitrogens is 1. The highest BCUT2D eigenvalue weighted by molar-refractivity contribution is 7.34. The van der Waals surface area contributed by atoms with Gasteiger partial charge in [0, 0.05) is 11.8 Å². The maximum absolute atomic E-state index is 12.4. The van der Waals surface area contributed by atoms with E-state index in [-0.39, 0.29) is 35.5 Å². The highest BCUT2D eigenvalue weighted by atomic mass is 31.1. The third kappa shape index (κ3) is 6.02. The van der Waals surface area contributed by atoms with E-state index in [1.54, 1.807) is 31.2 Å². The van der Waals surface area contributed by atoms with Crippen LogP contribution in [0.2, 0.25) is 0 Å². The Hall–Kier alpha value is -3.03. The molecule has 32 heavy (non-hydrogen) atoms. The predicted molar refractivity (Wildman–Crippen MR) is 115 cm³/mol. The molecule has 0 spiro atoms. The number of aryl methyl sites for hydroxylation is 1. The number of ether oxygens (including phenoxy) is 2. The van der Waals surface area contributed by atoms with Gasteiger partial charge >= 0.3 is 14.1 Å². The molecule has 0 aliphatic heterocycles. The Kier molecular flexibility index (Phi) is 8.14. The Morgan fingerprint density at radius 2 is 2.03 bits per heavy atom. The summed E-state index contributed by atoms with van der Waals surface area (Å²) in [6, 6.07) is 5.58. The van der Waals surface area contributed by atoms with E-state index >= 15 is 0 Å². The zero-order valence-electron chi connectivity index (χ0n) is 17.9. The van der Waals surface area contributed by atoms with Crippen LogP contribution >= 0.6 is 8.17 Å². The van der Waals surface area contributed by atoms with Crippen molar-refractivity contribution in [2.45, 2.75) is 58.3 Å². The minimum Gasteiger partial charge on any atom is -0.575 e. The second kappa shape index (κ2) is 11.0. The van der Waals surface area contributed by atoms with Gasteiger partial charge in [0.2, 0.25) is 5.75 Å². The normalized spacial score (nSPS) is 15.3. The quantitative estimate of drug-likeness (QED) is 0.341. The molecule has 1 aliphatic rings. The molecule has 1 unspecified atom stereocenters. The number of rotatable bonds is 9. The Morgan fingerprint density at radius 1 is 1.34 bits per heavy atom. The summed E-state index contributed by atoms with van der Waals surface area (Å²) in [4.78, 5) is 39.9. The van der Waals surface area contributed by atoms with E-state index in [0.29, 0.717) is 17.5 Å². The van der Waals surface area contributed by atoms with Gasteiger partial charge in [-0.25, -0.2) is 4.79 Å². The van der Waals surface area contributed by atoms with Crippen molar-refractivity contribution in [3.63, 3.8) is 0 Å². The minimum absolute atomic E-state index is 0.0761. The van der Waals surface area contributed by atoms with Gasteiger partial charge in [-0.05, 0) is 51.7 Å². The van der Waals surface area contributed by atoms with Gasteiger partial charge in [-0.3, -0.25) is 14.3 Å². The molecule has 9 nitrogen and oxygen atoms in total. The lowest BCUT2D eigenvalue weighted by molar-refractivity contribution is -0.170. The molecule has 1 fully saturated rings. The molecule has 1 aromatic heterocycles. The van der Waals surface area contributed by atoms with Crippen molar-refractivity contribution in [1.29, 1.82) is 0 Å². The fourth-order valence-electron chi connectivity index (χ4n) is 3.26. The SMILES string of the molecule is Cc1ncc(COc2ccccc2O[P+]([O-])=N[C@@H](C)C(=O)OC2CCCC2)c(C=O)c1O. The van der Waals surface area contributed by atoms with Crippen LogP contribution in [0.5, 0.6) is 17.2 Å². The summed E-state index contributed by atoms with van der Waals surface area (Å²) in [5.74, 6) is -0.317. The number of hydrogen-bond acceptors (Lipinski definition) is 9. The van der Waals surface area contributed by atoms with Gasteiger partial charge in [0.25, 0.3) is 0 Å². The lowest BCUT2D eigenvalue weighted by Gasteiger charge is -2.13. The van der Waals surface area contributed by atoms with Gasteiger partial charge in [0.05, 0.1) is 11.3 Å². The van der Waals surface area contributed by atoms with Gasteiger partial charge in [0.15, 0.2) is 18.1 Å². The molecule has 3 rings (SSSR count). The van der Waals surface area contributed by atoms with E-state index in [1.807, 2.05) is 0 Å². The fraction of sp³-hybridized carbons (Fsp3) is 0.409. The van der Waals surface area contributed by atoms with E-state index < -0.39 is 20.2 Å². The van der Waals surface area contributed by atoms with Gasteiger partial charge in [-0.2, -0.15) is 0 Å². The molecule has 2 aromatic rings. The number of para-hydroxylation sites is 2. The molecule has 170 valence electrons. The second-order valence-corrected chi connectivity index (χ2v) is 8.34. The molecular formula is C22H25N2O7P. The van der Waals surface area contributed by atoms with Crippen LogP contribution in [-0.2, 0) is 16.1 Å². The summed E-state index contributed by atoms with van der Waals surface area (Å²) in [7, 11) is -2.56. The molecule has 10 heteroatoms. The highest BCUT2D eigenvalue weighted by Crippen LogP contribution is 2.34. The Morgan fingerprint density at radius 3 is 2.72 bits per heavy atom. The first-order valence-electron chi connectivity index (χ1n) is 10.3. The van der Waals surface area contributed by atoms with Crippen LogP contribution in [0.25, 0.3) is 0 Å². The molecule has 0 radical (unpaired) electrons. The standard InChI is InChI=1S/C22H25N2O7P/c1-14-21(26)18(12-25)16(11-23-14)13-29-19-9-5-6-10-20(19)31-32(28)24-15(2)22(27)30-17-7-3-4-8-17/h5-6,9-12,15,17,26H,3-4,7-8,13H2,1-2H3/t15-/m0/s1. The maximum atomic E-state index is 12.4. The van der Waals surface area contributed by atoms with Crippen molar-refractivity contribution >= 4 is 20.4 Å². The van der Waals surface area contributed by atoms with Gasteiger partial charge in [-0.1, -0.05) is 16.9 Å². The van der Waals surface area contributed by atoms with Crippen LogP contribution in [0, 0.1) is 6.92 Å². The number of hydrogen-bond donors (Lipinski definition) is 1. The third-order valence-corrected chi connectivity index (χ3v) is 5.97. The largest absolute Gasteiger partial charge is 0.575 e. The first kappa shape index (κ1) is 23.6. The van der Waals surface area contributed by atoms with Crippen molar-refractivity contribution in [2.75, 3.05) is 0 Å². The number of pyridine rings is 1. The number of benzene rings is 1. The Labute approximate surface area is 187 Å². The van der Waals surface area contributed by atoms with Crippen molar-refractivity contribution in [1.82, 2.24) is 4.98 Å². The Bertz CT molecular complexity index is 1010. The van der Waals surface area contributed by atoms with Crippen molar-refractivity contribution in [3.8, 4) is 17.2 Å². The van der Waals surface area contributed by atoms with E-state index in [9.17, 15) is 19.6 Å². The van der Waals surface area contributed by atoms with Crippen molar-refractivity contribution in [2.24, 2.45) is 4.74 Å². The highest BCUT2D eigenvalue weighted by Gasteiger charge is 2.25. The van der Waals surface area contributed by atoms with E-state index in [0.717, 1.165) is 25.7 Å². The molecule has 1 N–H and O–H groups in total. The van der Waals surface area contributed by atoms with Crippen LogP contribution in [0.3, 0.4) is 0 Å². The summed E-state index contributed by atoms with van der Waals surface area (Å²) in [6.45, 7) is 3.02. The van der Waals surface area contributed by atoms with Gasteiger partial charge in [0.1, 0.15) is 18.5 Å². The number of nitrogens with zero attached hydrogens (tertiary/aromatic N) is 2. The number of carbonyl (C=O) groups excluding carboxylic acids is 2. The van der Waals surface area contributed by atoms with Crippen molar-refractivity contribution < 1.29 is 33.6 Å². The molecule has 2 atom stereocenters. The van der Waals surface area contributed by atoms with E-state index in [2.05, 4.69) is 9.73 Å². The third-order valence-electron chi connectivity index (χ3n) is 5.08. The molecule has 0 saturated heterocycles. The molecule has 1 saturated carbocycles. The number of esters is 1. The topological polar surface area (TPSA) is 130 Å². The van der Waals surface area contributed by atoms with Gasteiger partial charge < -0.3 is 19.5 Å². The summed E-state index contributed by atoms with van der Waals surface area (Å²) in [6.07, 6.45) is 5.62. The average molecular weight is 460 g/mol. The average Bonchev–Trinajstić information content (AvgIpc) is 3.28. The lowest BCUT2D eigenvalue weighted by atomic mass is 10.1. The van der Waals surface area contributed by atoms with E-state index in [1.165, 1.54) is 13.1 Å².